The number of nitrogens with one attached hydrogen (secondary N) is 1. The molecule has 2 heterocycles. The Morgan fingerprint density at radius 2 is 1.92 bits per heavy atom. The molecule has 1 amide bonds. The highest BCUT2D eigenvalue weighted by atomic mass is 16.3. The first-order valence-electron chi connectivity index (χ1n) is 8.90. The molecular weight excluding hydrogens is 316 g/mol. The van der Waals surface area contributed by atoms with Crippen molar-refractivity contribution >= 4 is 11.9 Å². The third-order valence-corrected chi connectivity index (χ3v) is 4.88. The average molecular weight is 338 g/mol. The molecule has 1 aromatic carbocycles. The number of nitrogens with zero attached hydrogens (tertiary/aromatic N) is 3. The molecule has 1 aromatic heterocycles. The van der Waals surface area contributed by atoms with Crippen LogP contribution < -0.4 is 10.2 Å². The van der Waals surface area contributed by atoms with Crippen LogP contribution in [0.4, 0.5) is 5.95 Å². The molecule has 0 radical (unpaired) electrons. The van der Waals surface area contributed by atoms with Crippen LogP contribution in [0, 0.1) is 0 Å². The van der Waals surface area contributed by atoms with Crippen molar-refractivity contribution in [3.05, 3.63) is 41.1 Å². The van der Waals surface area contributed by atoms with Crippen LogP contribution in [0.1, 0.15) is 34.5 Å². The summed E-state index contributed by atoms with van der Waals surface area (Å²) in [7, 11) is 0. The summed E-state index contributed by atoms with van der Waals surface area (Å²) >= 11 is 0. The van der Waals surface area contributed by atoms with Gasteiger partial charge in [-0.2, -0.15) is 0 Å². The van der Waals surface area contributed by atoms with Gasteiger partial charge in [-0.05, 0) is 37.8 Å². The number of aliphatic hydroxyl groups excluding tert-OH is 1. The lowest BCUT2D eigenvalue weighted by Gasteiger charge is -2.31. The largest absolute Gasteiger partial charge is 0.395 e. The highest BCUT2D eigenvalue weighted by Crippen LogP contribution is 2.32. The molecule has 6 heteroatoms. The number of anilines is 1. The predicted octanol–water partition coefficient (Wildman–Crippen LogP) is 1.56. The van der Waals surface area contributed by atoms with E-state index in [0.29, 0.717) is 5.56 Å². The van der Waals surface area contributed by atoms with Crippen LogP contribution in [0.3, 0.4) is 0 Å². The number of fused-ring (bicyclic) bond motifs is 1. The topological polar surface area (TPSA) is 78.3 Å². The van der Waals surface area contributed by atoms with E-state index in [9.17, 15) is 4.79 Å². The normalized spacial score (nSPS) is 15.6. The summed E-state index contributed by atoms with van der Waals surface area (Å²) in [4.78, 5) is 23.8. The van der Waals surface area contributed by atoms with E-state index in [2.05, 4.69) is 10.2 Å². The van der Waals surface area contributed by atoms with Gasteiger partial charge in [0.25, 0.3) is 5.91 Å². The predicted molar refractivity (Wildman–Crippen MR) is 95.7 cm³/mol. The Bertz CT molecular complexity index is 785. The number of aromatic nitrogens is 2. The van der Waals surface area contributed by atoms with Gasteiger partial charge in [0, 0.05) is 42.0 Å². The Kier molecular flexibility index (Phi) is 4.36. The second-order valence-corrected chi connectivity index (χ2v) is 6.55. The number of hydrogen-bond acceptors (Lipinski definition) is 5. The molecule has 0 atom stereocenters. The summed E-state index contributed by atoms with van der Waals surface area (Å²) in [6.07, 6.45) is 4.37. The van der Waals surface area contributed by atoms with E-state index in [4.69, 9.17) is 15.1 Å². The van der Waals surface area contributed by atoms with Crippen LogP contribution in [0.25, 0.3) is 11.3 Å². The van der Waals surface area contributed by atoms with Gasteiger partial charge in [-0.15, -0.1) is 0 Å². The fourth-order valence-electron chi connectivity index (χ4n) is 3.37. The molecule has 25 heavy (non-hydrogen) atoms. The number of rotatable bonds is 5. The zero-order chi connectivity index (χ0) is 17.2. The van der Waals surface area contributed by atoms with Crippen molar-refractivity contribution < 1.29 is 9.90 Å². The zero-order valence-electron chi connectivity index (χ0n) is 14.2. The van der Waals surface area contributed by atoms with Crippen LogP contribution >= 0.6 is 0 Å². The lowest BCUT2D eigenvalue weighted by atomic mass is 10.0. The second-order valence-electron chi connectivity index (χ2n) is 6.55. The van der Waals surface area contributed by atoms with Gasteiger partial charge in [-0.3, -0.25) is 4.79 Å². The second kappa shape index (κ2) is 6.80. The number of aliphatic hydroxyl groups is 1. The summed E-state index contributed by atoms with van der Waals surface area (Å²) in [5.41, 5.74) is 5.05. The molecule has 1 aliphatic heterocycles. The third-order valence-electron chi connectivity index (χ3n) is 4.88. The summed E-state index contributed by atoms with van der Waals surface area (Å²) in [5.74, 6) is 0.668. The highest BCUT2D eigenvalue weighted by molar-refractivity contribution is 5.94. The van der Waals surface area contributed by atoms with Crippen molar-refractivity contribution in [2.45, 2.75) is 25.7 Å². The lowest BCUT2D eigenvalue weighted by Crippen LogP contribution is -2.38. The van der Waals surface area contributed by atoms with Crippen LogP contribution in [-0.4, -0.2) is 47.2 Å². The number of aryl methyl sites for hydroxylation is 1. The standard InChI is InChI=1S/C19H22N4O2/c24-12-9-20-18(25)14-7-5-13(6-8-14)17-15-3-1-4-16(15)21-19(22-17)23-10-2-11-23/h5-8,24H,1-4,9-12H2,(H,20,25). The van der Waals surface area contributed by atoms with Gasteiger partial charge >= 0.3 is 0 Å². The molecule has 0 unspecified atom stereocenters. The highest BCUT2D eigenvalue weighted by Gasteiger charge is 2.24. The summed E-state index contributed by atoms with van der Waals surface area (Å²) < 4.78 is 0. The molecule has 1 fully saturated rings. The van der Waals surface area contributed by atoms with Crippen LogP contribution in [0.5, 0.6) is 0 Å². The maximum absolute atomic E-state index is 12.0. The van der Waals surface area contributed by atoms with Gasteiger partial charge in [0.2, 0.25) is 5.95 Å². The molecule has 0 saturated carbocycles. The Morgan fingerprint density at radius 3 is 2.60 bits per heavy atom. The number of carbonyl (C=O) groups excluding carboxylic acids is 1. The van der Waals surface area contributed by atoms with Gasteiger partial charge in [0.1, 0.15) is 0 Å². The molecule has 0 spiro atoms. The van der Waals surface area contributed by atoms with Crippen molar-refractivity contribution in [1.29, 1.82) is 0 Å². The zero-order valence-corrected chi connectivity index (χ0v) is 14.2. The minimum atomic E-state index is -0.171. The van der Waals surface area contributed by atoms with Crippen molar-refractivity contribution in [2.24, 2.45) is 0 Å². The van der Waals surface area contributed by atoms with E-state index in [-0.39, 0.29) is 19.1 Å². The molecule has 2 aliphatic rings. The van der Waals surface area contributed by atoms with Gasteiger partial charge in [-0.1, -0.05) is 12.1 Å². The lowest BCUT2D eigenvalue weighted by molar-refractivity contribution is 0.0945. The Balaban J connectivity index is 1.65. The summed E-state index contributed by atoms with van der Waals surface area (Å²) in [5, 5.41) is 11.5. The molecule has 1 saturated heterocycles. The first kappa shape index (κ1) is 16.0. The molecule has 2 N–H and O–H groups in total. The van der Waals surface area contributed by atoms with E-state index >= 15 is 0 Å². The van der Waals surface area contributed by atoms with E-state index in [1.807, 2.05) is 24.3 Å². The number of hydrogen-bond donors (Lipinski definition) is 2. The van der Waals surface area contributed by atoms with Crippen molar-refractivity contribution in [3.63, 3.8) is 0 Å². The summed E-state index contributed by atoms with van der Waals surface area (Å²) in [6.45, 7) is 2.26. The monoisotopic (exact) mass is 338 g/mol. The van der Waals surface area contributed by atoms with E-state index in [0.717, 1.165) is 49.6 Å². The van der Waals surface area contributed by atoms with Gasteiger partial charge < -0.3 is 15.3 Å². The van der Waals surface area contributed by atoms with E-state index in [1.54, 1.807) is 0 Å². The summed E-state index contributed by atoms with van der Waals surface area (Å²) in [6, 6.07) is 7.53. The van der Waals surface area contributed by atoms with Crippen molar-refractivity contribution in [2.75, 3.05) is 31.1 Å². The first-order valence-corrected chi connectivity index (χ1v) is 8.90. The SMILES string of the molecule is O=C(NCCO)c1ccc(-c2nc(N3CCC3)nc3c2CCC3)cc1. The molecule has 130 valence electrons. The fraction of sp³-hybridized carbons (Fsp3) is 0.421. The molecule has 4 rings (SSSR count). The quantitative estimate of drug-likeness (QED) is 0.865. The first-order chi connectivity index (χ1) is 12.3. The maximum atomic E-state index is 12.0. The fourth-order valence-corrected chi connectivity index (χ4v) is 3.37. The third kappa shape index (κ3) is 3.09. The van der Waals surface area contributed by atoms with Gasteiger partial charge in [0.05, 0.1) is 12.3 Å². The van der Waals surface area contributed by atoms with Crippen LogP contribution in [0.2, 0.25) is 0 Å². The maximum Gasteiger partial charge on any atom is 0.251 e. The van der Waals surface area contributed by atoms with Crippen molar-refractivity contribution in [1.82, 2.24) is 15.3 Å². The Hall–Kier alpha value is -2.47. The van der Waals surface area contributed by atoms with Crippen LogP contribution in [0.15, 0.2) is 24.3 Å². The van der Waals surface area contributed by atoms with Gasteiger partial charge in [-0.25, -0.2) is 9.97 Å². The van der Waals surface area contributed by atoms with E-state index < -0.39 is 0 Å². The molecule has 1 aliphatic carbocycles. The Morgan fingerprint density at radius 1 is 1.12 bits per heavy atom. The van der Waals surface area contributed by atoms with Crippen LogP contribution in [-0.2, 0) is 12.8 Å². The average Bonchev–Trinajstić information content (AvgIpc) is 3.06. The van der Waals surface area contributed by atoms with E-state index in [1.165, 1.54) is 17.7 Å². The number of benzene rings is 1. The minimum Gasteiger partial charge on any atom is -0.395 e. The molecule has 0 bridgehead atoms. The molecular formula is C19H22N4O2. The van der Waals surface area contributed by atoms with Gasteiger partial charge in [0.15, 0.2) is 0 Å². The molecule has 2 aromatic rings. The minimum absolute atomic E-state index is 0.0594. The Labute approximate surface area is 146 Å². The number of amides is 1. The smallest absolute Gasteiger partial charge is 0.251 e. The van der Waals surface area contributed by atoms with Crippen molar-refractivity contribution in [3.8, 4) is 11.3 Å². The molecule has 6 nitrogen and oxygen atoms in total. The number of carbonyl (C=O) groups is 1.